The molecule has 38 heavy (non-hydrogen) atoms. The van der Waals surface area contributed by atoms with Crippen LogP contribution in [-0.2, 0) is 13.6 Å². The molecule has 1 aliphatic heterocycles. The van der Waals surface area contributed by atoms with Gasteiger partial charge >= 0.3 is 0 Å². The van der Waals surface area contributed by atoms with Gasteiger partial charge in [0.2, 0.25) is 0 Å². The van der Waals surface area contributed by atoms with Crippen molar-refractivity contribution in [3.8, 4) is 11.1 Å². The maximum absolute atomic E-state index is 12.3. The van der Waals surface area contributed by atoms with E-state index in [1.807, 2.05) is 18.5 Å². The first-order chi connectivity index (χ1) is 18.4. The molecular formula is C31H34N6O. The molecule has 0 unspecified atom stereocenters. The highest BCUT2D eigenvalue weighted by Crippen LogP contribution is 2.34. The Balaban J connectivity index is 1.18. The van der Waals surface area contributed by atoms with Crippen LogP contribution in [-0.4, -0.2) is 62.6 Å². The average molecular weight is 507 g/mol. The molecule has 6 rings (SSSR count). The number of nitrogens with one attached hydrogen (secondary N) is 1. The number of aryl methyl sites for hydroxylation is 2. The quantitative estimate of drug-likeness (QED) is 0.341. The summed E-state index contributed by atoms with van der Waals surface area (Å²) < 4.78 is 2.24. The van der Waals surface area contributed by atoms with E-state index in [-0.39, 0.29) is 5.91 Å². The fraction of sp³-hybridized carbons (Fsp3) is 0.323. The van der Waals surface area contributed by atoms with E-state index >= 15 is 0 Å². The van der Waals surface area contributed by atoms with Crippen LogP contribution >= 0.6 is 0 Å². The van der Waals surface area contributed by atoms with E-state index in [1.54, 1.807) is 19.0 Å². The van der Waals surface area contributed by atoms with Crippen molar-refractivity contribution in [1.82, 2.24) is 29.5 Å². The van der Waals surface area contributed by atoms with Crippen molar-refractivity contribution in [2.75, 3.05) is 27.2 Å². The molecule has 0 saturated carbocycles. The van der Waals surface area contributed by atoms with Crippen LogP contribution in [0.4, 0.5) is 0 Å². The standard InChI is InChI=1S/C31H34N6O/c1-20-15-23(31(38)35(2)3)5-7-26(20)21-10-13-37(14-11-21)19-25-17-28-27(9-12-32-30(28)36(25)4)22-6-8-29-24(16-22)18-33-34-29/h5-9,12,15-18,21H,10-11,13-14,19H2,1-4H3,(H,33,34). The monoisotopic (exact) mass is 506 g/mol. The largest absolute Gasteiger partial charge is 0.345 e. The zero-order valence-electron chi connectivity index (χ0n) is 22.5. The van der Waals surface area contributed by atoms with Crippen LogP contribution < -0.4 is 0 Å². The van der Waals surface area contributed by atoms with Gasteiger partial charge in [-0.05, 0) is 97.4 Å². The second-order valence-electron chi connectivity index (χ2n) is 10.8. The SMILES string of the molecule is Cc1cc(C(=O)N(C)C)ccc1C1CCN(Cc2cc3c(-c4ccc5[nH]ncc5c4)ccnc3n2C)CC1. The summed E-state index contributed by atoms with van der Waals surface area (Å²) in [5, 5.41) is 9.50. The number of aromatic nitrogens is 4. The number of hydrogen-bond acceptors (Lipinski definition) is 4. The van der Waals surface area contributed by atoms with Gasteiger partial charge in [0.05, 0.1) is 11.7 Å². The molecule has 1 fully saturated rings. The fourth-order valence-corrected chi connectivity index (χ4v) is 5.94. The van der Waals surface area contributed by atoms with Crippen molar-refractivity contribution < 1.29 is 4.79 Å². The molecule has 0 bridgehead atoms. The van der Waals surface area contributed by atoms with Gasteiger partial charge in [-0.15, -0.1) is 0 Å². The highest BCUT2D eigenvalue weighted by Gasteiger charge is 2.24. The Morgan fingerprint density at radius 2 is 1.89 bits per heavy atom. The van der Waals surface area contributed by atoms with Crippen LogP contribution in [0, 0.1) is 6.92 Å². The number of rotatable bonds is 5. The van der Waals surface area contributed by atoms with Crippen molar-refractivity contribution in [2.24, 2.45) is 7.05 Å². The first kappa shape index (κ1) is 24.4. The maximum Gasteiger partial charge on any atom is 0.253 e. The molecule has 0 atom stereocenters. The maximum atomic E-state index is 12.3. The minimum absolute atomic E-state index is 0.0594. The molecule has 1 N–H and O–H groups in total. The molecule has 3 aromatic heterocycles. The molecule has 7 heteroatoms. The Bertz CT molecular complexity index is 1640. The van der Waals surface area contributed by atoms with E-state index in [2.05, 4.69) is 76.1 Å². The summed E-state index contributed by atoms with van der Waals surface area (Å²) in [6, 6.07) is 17.1. The zero-order chi connectivity index (χ0) is 26.4. The van der Waals surface area contributed by atoms with Gasteiger partial charge in [0.25, 0.3) is 5.91 Å². The fourth-order valence-electron chi connectivity index (χ4n) is 5.94. The molecule has 0 aliphatic carbocycles. The number of piperidine rings is 1. The zero-order valence-corrected chi connectivity index (χ0v) is 22.5. The highest BCUT2D eigenvalue weighted by molar-refractivity contribution is 5.96. The second-order valence-corrected chi connectivity index (χ2v) is 10.8. The van der Waals surface area contributed by atoms with Gasteiger partial charge in [0.1, 0.15) is 5.65 Å². The van der Waals surface area contributed by atoms with Gasteiger partial charge in [-0.1, -0.05) is 12.1 Å². The lowest BCUT2D eigenvalue weighted by Gasteiger charge is -2.33. The summed E-state index contributed by atoms with van der Waals surface area (Å²) in [4.78, 5) is 21.3. The molecule has 7 nitrogen and oxygen atoms in total. The van der Waals surface area contributed by atoms with E-state index in [9.17, 15) is 4.79 Å². The molecule has 5 aromatic rings. The molecule has 4 heterocycles. The number of aromatic amines is 1. The van der Waals surface area contributed by atoms with E-state index in [1.165, 1.54) is 33.3 Å². The summed E-state index contributed by atoms with van der Waals surface area (Å²) >= 11 is 0. The summed E-state index contributed by atoms with van der Waals surface area (Å²) in [6.45, 7) is 5.16. The number of carbonyl (C=O) groups excluding carboxylic acids is 1. The predicted octanol–water partition coefficient (Wildman–Crippen LogP) is 5.51. The first-order valence-corrected chi connectivity index (χ1v) is 13.3. The third-order valence-electron chi connectivity index (χ3n) is 8.12. The number of amides is 1. The lowest BCUT2D eigenvalue weighted by atomic mass is 9.86. The van der Waals surface area contributed by atoms with Crippen molar-refractivity contribution in [1.29, 1.82) is 0 Å². The molecule has 2 aromatic carbocycles. The summed E-state index contributed by atoms with van der Waals surface area (Å²) in [6.07, 6.45) is 6.03. The Morgan fingerprint density at radius 1 is 1.08 bits per heavy atom. The Kier molecular flexibility index (Phi) is 6.24. The molecular weight excluding hydrogens is 472 g/mol. The van der Waals surface area contributed by atoms with Gasteiger partial charge in [0, 0.05) is 55.9 Å². The van der Waals surface area contributed by atoms with E-state index in [0.717, 1.165) is 54.6 Å². The summed E-state index contributed by atoms with van der Waals surface area (Å²) in [5.74, 6) is 0.595. The third-order valence-corrected chi connectivity index (χ3v) is 8.12. The average Bonchev–Trinajstić information content (AvgIpc) is 3.52. The normalized spacial score (nSPS) is 14.9. The predicted molar refractivity (Wildman–Crippen MR) is 152 cm³/mol. The number of hydrogen-bond donors (Lipinski definition) is 1. The van der Waals surface area contributed by atoms with Gasteiger partial charge in [-0.2, -0.15) is 5.10 Å². The molecule has 1 amide bonds. The molecule has 1 aliphatic rings. The Morgan fingerprint density at radius 3 is 2.66 bits per heavy atom. The summed E-state index contributed by atoms with van der Waals surface area (Å²) in [5.41, 5.74) is 9.09. The smallest absolute Gasteiger partial charge is 0.253 e. The topological polar surface area (TPSA) is 70.1 Å². The lowest BCUT2D eigenvalue weighted by molar-refractivity contribution is 0.0827. The van der Waals surface area contributed by atoms with Crippen molar-refractivity contribution in [2.45, 2.75) is 32.2 Å². The minimum atomic E-state index is 0.0594. The number of likely N-dealkylation sites (tertiary alicyclic amines) is 1. The van der Waals surface area contributed by atoms with Crippen molar-refractivity contribution >= 4 is 27.8 Å². The van der Waals surface area contributed by atoms with Gasteiger partial charge < -0.3 is 9.47 Å². The van der Waals surface area contributed by atoms with Crippen LogP contribution in [0.2, 0.25) is 0 Å². The van der Waals surface area contributed by atoms with Gasteiger partial charge in [-0.3, -0.25) is 14.8 Å². The first-order valence-electron chi connectivity index (χ1n) is 13.3. The van der Waals surface area contributed by atoms with Crippen LogP contribution in [0.25, 0.3) is 33.1 Å². The van der Waals surface area contributed by atoms with Crippen LogP contribution in [0.15, 0.2) is 60.9 Å². The Labute approximate surface area is 223 Å². The van der Waals surface area contributed by atoms with Crippen molar-refractivity contribution in [3.05, 3.63) is 83.3 Å². The molecule has 1 saturated heterocycles. The van der Waals surface area contributed by atoms with Gasteiger partial charge in [-0.25, -0.2) is 4.98 Å². The number of H-pyrrole nitrogens is 1. The number of pyridine rings is 1. The van der Waals surface area contributed by atoms with E-state index in [0.29, 0.717) is 5.92 Å². The van der Waals surface area contributed by atoms with E-state index < -0.39 is 0 Å². The Hall–Kier alpha value is -3.97. The molecule has 0 spiro atoms. The number of benzene rings is 2. The number of fused-ring (bicyclic) bond motifs is 2. The molecule has 0 radical (unpaired) electrons. The lowest BCUT2D eigenvalue weighted by Crippen LogP contribution is -2.33. The van der Waals surface area contributed by atoms with E-state index in [4.69, 9.17) is 4.98 Å². The third kappa shape index (κ3) is 4.37. The van der Waals surface area contributed by atoms with Crippen LogP contribution in [0.5, 0.6) is 0 Å². The van der Waals surface area contributed by atoms with Crippen LogP contribution in [0.3, 0.4) is 0 Å². The highest BCUT2D eigenvalue weighted by atomic mass is 16.2. The minimum Gasteiger partial charge on any atom is -0.345 e. The number of carbonyl (C=O) groups is 1. The number of nitrogens with zero attached hydrogens (tertiary/aromatic N) is 5. The summed E-state index contributed by atoms with van der Waals surface area (Å²) in [7, 11) is 5.72. The van der Waals surface area contributed by atoms with Crippen LogP contribution in [0.1, 0.15) is 45.9 Å². The van der Waals surface area contributed by atoms with Gasteiger partial charge in [0.15, 0.2) is 0 Å². The van der Waals surface area contributed by atoms with Crippen molar-refractivity contribution in [3.63, 3.8) is 0 Å². The second kappa shape index (κ2) is 9.72. The molecule has 194 valence electrons.